The monoisotopic (exact) mass is 293 g/mol. The Labute approximate surface area is 129 Å². The summed E-state index contributed by atoms with van der Waals surface area (Å²) in [6.07, 6.45) is 8.32. The number of nitrogens with zero attached hydrogens (tertiary/aromatic N) is 2. The zero-order chi connectivity index (χ0) is 15.3. The molecule has 120 valence electrons. The van der Waals surface area contributed by atoms with Crippen LogP contribution in [0.3, 0.4) is 0 Å². The lowest BCUT2D eigenvalue weighted by atomic mass is 9.75. The normalized spacial score (nSPS) is 21.4. The predicted octanol–water partition coefficient (Wildman–Crippen LogP) is 4.00. The van der Waals surface area contributed by atoms with Crippen molar-refractivity contribution < 1.29 is 4.74 Å². The molecule has 0 amide bonds. The Morgan fingerprint density at radius 3 is 3.00 bits per heavy atom. The highest BCUT2D eigenvalue weighted by Crippen LogP contribution is 2.36. The zero-order valence-electron chi connectivity index (χ0n) is 14.1. The molecule has 1 saturated carbocycles. The van der Waals surface area contributed by atoms with E-state index < -0.39 is 0 Å². The lowest BCUT2D eigenvalue weighted by Crippen LogP contribution is -2.32. The van der Waals surface area contributed by atoms with Gasteiger partial charge in [-0.1, -0.05) is 20.3 Å². The van der Waals surface area contributed by atoms with Crippen molar-refractivity contribution in [1.82, 2.24) is 9.55 Å². The topological polar surface area (TPSA) is 39.1 Å². The molecule has 1 aliphatic carbocycles. The maximum absolute atomic E-state index is 5.43. The van der Waals surface area contributed by atoms with Crippen LogP contribution in [0.5, 0.6) is 0 Å². The molecule has 0 radical (unpaired) electrons. The summed E-state index contributed by atoms with van der Waals surface area (Å²) in [5.41, 5.74) is 1.54. The number of aryl methyl sites for hydroxylation is 2. The van der Waals surface area contributed by atoms with Gasteiger partial charge in [0.05, 0.1) is 5.69 Å². The Balaban J connectivity index is 1.92. The first-order valence-electron chi connectivity index (χ1n) is 8.38. The molecule has 4 heteroatoms. The fourth-order valence-electron chi connectivity index (χ4n) is 3.32. The van der Waals surface area contributed by atoms with E-state index in [0.717, 1.165) is 37.8 Å². The highest BCUT2D eigenvalue weighted by molar-refractivity contribution is 5.30. The average Bonchev–Trinajstić information content (AvgIpc) is 2.74. The SMILES string of the molecule is CCOCCCn1cc(C)nc1NC1CCCC(C)(C)C1. The Morgan fingerprint density at radius 1 is 1.48 bits per heavy atom. The highest BCUT2D eigenvalue weighted by atomic mass is 16.5. The largest absolute Gasteiger partial charge is 0.382 e. The average molecular weight is 293 g/mol. The van der Waals surface area contributed by atoms with Crippen LogP contribution in [0.2, 0.25) is 0 Å². The Kier molecular flexibility index (Phi) is 5.68. The summed E-state index contributed by atoms with van der Waals surface area (Å²) in [4.78, 5) is 4.66. The smallest absolute Gasteiger partial charge is 0.203 e. The summed E-state index contributed by atoms with van der Waals surface area (Å²) >= 11 is 0. The number of aromatic nitrogens is 2. The lowest BCUT2D eigenvalue weighted by Gasteiger charge is -2.35. The van der Waals surface area contributed by atoms with Crippen molar-refractivity contribution in [2.24, 2.45) is 5.41 Å². The second kappa shape index (κ2) is 7.30. The third-order valence-electron chi connectivity index (χ3n) is 4.33. The molecular weight excluding hydrogens is 262 g/mol. The van der Waals surface area contributed by atoms with Gasteiger partial charge in [-0.05, 0) is 44.9 Å². The molecule has 1 aliphatic rings. The molecule has 4 nitrogen and oxygen atoms in total. The standard InChI is InChI=1S/C17H31N3O/c1-5-21-11-7-10-20-13-14(2)18-16(20)19-15-8-6-9-17(3,4)12-15/h13,15H,5-12H2,1-4H3,(H,18,19). The molecule has 0 aromatic carbocycles. The van der Waals surface area contributed by atoms with Crippen molar-refractivity contribution in [1.29, 1.82) is 0 Å². The summed E-state index contributed by atoms with van der Waals surface area (Å²) in [6, 6.07) is 0.557. The fourth-order valence-corrected chi connectivity index (χ4v) is 3.32. The molecule has 1 atom stereocenters. The number of rotatable bonds is 7. The van der Waals surface area contributed by atoms with Gasteiger partial charge in [0.15, 0.2) is 0 Å². The molecule has 1 aromatic heterocycles. The number of ether oxygens (including phenoxy) is 1. The van der Waals surface area contributed by atoms with E-state index in [4.69, 9.17) is 4.74 Å². The summed E-state index contributed by atoms with van der Waals surface area (Å²) < 4.78 is 7.67. The van der Waals surface area contributed by atoms with Crippen molar-refractivity contribution in [3.8, 4) is 0 Å². The minimum Gasteiger partial charge on any atom is -0.382 e. The van der Waals surface area contributed by atoms with Crippen molar-refractivity contribution in [2.75, 3.05) is 18.5 Å². The number of nitrogens with one attached hydrogen (secondary N) is 1. The van der Waals surface area contributed by atoms with Gasteiger partial charge >= 0.3 is 0 Å². The molecule has 1 fully saturated rings. The van der Waals surface area contributed by atoms with Crippen LogP contribution in [0.4, 0.5) is 5.95 Å². The van der Waals surface area contributed by atoms with E-state index in [1.807, 2.05) is 6.92 Å². The predicted molar refractivity (Wildman–Crippen MR) is 87.7 cm³/mol. The van der Waals surface area contributed by atoms with Crippen molar-refractivity contribution in [3.05, 3.63) is 11.9 Å². The number of anilines is 1. The second-order valence-corrected chi connectivity index (χ2v) is 7.05. The van der Waals surface area contributed by atoms with Crippen molar-refractivity contribution in [3.63, 3.8) is 0 Å². The molecule has 21 heavy (non-hydrogen) atoms. The molecule has 1 aromatic rings. The van der Waals surface area contributed by atoms with E-state index in [1.165, 1.54) is 25.7 Å². The van der Waals surface area contributed by atoms with E-state index in [9.17, 15) is 0 Å². The van der Waals surface area contributed by atoms with Gasteiger partial charge in [-0.3, -0.25) is 0 Å². The quantitative estimate of drug-likeness (QED) is 0.772. The van der Waals surface area contributed by atoms with Crippen LogP contribution >= 0.6 is 0 Å². The summed E-state index contributed by atoms with van der Waals surface area (Å²) in [6.45, 7) is 11.4. The minimum atomic E-state index is 0.456. The van der Waals surface area contributed by atoms with Gasteiger partial charge in [0.1, 0.15) is 0 Å². The van der Waals surface area contributed by atoms with Crippen molar-refractivity contribution >= 4 is 5.95 Å². The van der Waals surface area contributed by atoms with Crippen LogP contribution < -0.4 is 5.32 Å². The van der Waals surface area contributed by atoms with E-state index in [2.05, 4.69) is 41.8 Å². The van der Waals surface area contributed by atoms with Gasteiger partial charge in [0.2, 0.25) is 5.95 Å². The van der Waals surface area contributed by atoms with Gasteiger partial charge < -0.3 is 14.6 Å². The third-order valence-corrected chi connectivity index (χ3v) is 4.33. The van der Waals surface area contributed by atoms with E-state index >= 15 is 0 Å². The van der Waals surface area contributed by atoms with Crippen LogP contribution in [0.15, 0.2) is 6.20 Å². The third kappa shape index (κ3) is 5.03. The van der Waals surface area contributed by atoms with Crippen LogP contribution in [0.25, 0.3) is 0 Å². The molecule has 2 rings (SSSR count). The van der Waals surface area contributed by atoms with Gasteiger partial charge in [0.25, 0.3) is 0 Å². The van der Waals surface area contributed by atoms with Gasteiger partial charge in [-0.25, -0.2) is 4.98 Å². The molecule has 1 heterocycles. The minimum absolute atomic E-state index is 0.456. The van der Waals surface area contributed by atoms with E-state index in [-0.39, 0.29) is 0 Å². The molecule has 0 spiro atoms. The Morgan fingerprint density at radius 2 is 2.29 bits per heavy atom. The maximum Gasteiger partial charge on any atom is 0.203 e. The first-order chi connectivity index (χ1) is 10.00. The number of imidazole rings is 1. The van der Waals surface area contributed by atoms with Crippen LogP contribution in [-0.2, 0) is 11.3 Å². The van der Waals surface area contributed by atoms with Crippen LogP contribution in [0.1, 0.15) is 58.6 Å². The molecule has 0 aliphatic heterocycles. The van der Waals surface area contributed by atoms with Gasteiger partial charge in [-0.2, -0.15) is 0 Å². The summed E-state index contributed by atoms with van der Waals surface area (Å²) in [7, 11) is 0. The molecule has 1 N–H and O–H groups in total. The number of hydrogen-bond donors (Lipinski definition) is 1. The highest BCUT2D eigenvalue weighted by Gasteiger charge is 2.28. The Bertz CT molecular complexity index is 439. The molecule has 0 bridgehead atoms. The summed E-state index contributed by atoms with van der Waals surface area (Å²) in [5.74, 6) is 1.03. The molecular formula is C17H31N3O. The molecule has 1 unspecified atom stereocenters. The first-order valence-corrected chi connectivity index (χ1v) is 8.38. The van der Waals surface area contributed by atoms with Crippen molar-refractivity contribution in [2.45, 2.75) is 72.4 Å². The first kappa shape index (κ1) is 16.3. The lowest BCUT2D eigenvalue weighted by molar-refractivity contribution is 0.141. The number of hydrogen-bond acceptors (Lipinski definition) is 3. The van der Waals surface area contributed by atoms with E-state index in [0.29, 0.717) is 11.5 Å². The fraction of sp³-hybridized carbons (Fsp3) is 0.824. The van der Waals surface area contributed by atoms with Crippen LogP contribution in [0, 0.1) is 12.3 Å². The van der Waals surface area contributed by atoms with Gasteiger partial charge in [0, 0.05) is 32.0 Å². The zero-order valence-corrected chi connectivity index (χ0v) is 14.1. The van der Waals surface area contributed by atoms with E-state index in [1.54, 1.807) is 0 Å². The second-order valence-electron chi connectivity index (χ2n) is 7.05. The maximum atomic E-state index is 5.43. The molecule has 0 saturated heterocycles. The van der Waals surface area contributed by atoms with Crippen LogP contribution in [-0.4, -0.2) is 28.8 Å². The summed E-state index contributed by atoms with van der Waals surface area (Å²) in [5, 5.41) is 3.68. The Hall–Kier alpha value is -1.03. The van der Waals surface area contributed by atoms with Gasteiger partial charge in [-0.15, -0.1) is 0 Å².